The van der Waals surface area contributed by atoms with Gasteiger partial charge in [-0.3, -0.25) is 0 Å². The summed E-state index contributed by atoms with van der Waals surface area (Å²) in [5.41, 5.74) is 0.811. The molecule has 1 aliphatic heterocycles. The molecule has 0 saturated carbocycles. The zero-order valence-electron chi connectivity index (χ0n) is 12.7. The van der Waals surface area contributed by atoms with Crippen molar-refractivity contribution in [3.8, 4) is 5.75 Å². The highest BCUT2D eigenvalue weighted by atomic mass is 35.5. The molecule has 1 heterocycles. The Hall–Kier alpha value is -0.780. The molecular weight excluding hydrogens is 310 g/mol. The lowest BCUT2D eigenvalue weighted by Crippen LogP contribution is -2.42. The van der Waals surface area contributed by atoms with Crippen LogP contribution in [0.25, 0.3) is 0 Å². The van der Waals surface area contributed by atoms with Gasteiger partial charge in [-0.05, 0) is 51.3 Å². The fraction of sp³-hybridized carbons (Fsp3) is 0.600. The Kier molecular flexibility index (Phi) is 5.17. The van der Waals surface area contributed by atoms with E-state index in [-0.39, 0.29) is 10.9 Å². The van der Waals surface area contributed by atoms with Gasteiger partial charge in [0.15, 0.2) is 0 Å². The SMILES string of the molecule is CCOc1cc(C)c(Cl)cc1S(=O)(=O)N1CCCC[C@@H]1C. The highest BCUT2D eigenvalue weighted by Crippen LogP contribution is 2.34. The number of sulfonamides is 1. The van der Waals surface area contributed by atoms with Crippen LogP contribution in [0.3, 0.4) is 0 Å². The van der Waals surface area contributed by atoms with Gasteiger partial charge in [-0.25, -0.2) is 8.42 Å². The Morgan fingerprint density at radius 1 is 1.38 bits per heavy atom. The molecule has 21 heavy (non-hydrogen) atoms. The third kappa shape index (κ3) is 3.35. The topological polar surface area (TPSA) is 46.6 Å². The molecule has 0 aliphatic carbocycles. The minimum Gasteiger partial charge on any atom is -0.492 e. The van der Waals surface area contributed by atoms with Crippen LogP contribution < -0.4 is 4.74 Å². The minimum atomic E-state index is -3.58. The van der Waals surface area contributed by atoms with Crippen LogP contribution in [0.15, 0.2) is 17.0 Å². The molecule has 0 aromatic heterocycles. The van der Waals surface area contributed by atoms with Crippen LogP contribution in [0.4, 0.5) is 0 Å². The van der Waals surface area contributed by atoms with Crippen molar-refractivity contribution >= 4 is 21.6 Å². The molecule has 0 spiro atoms. The molecule has 1 aliphatic rings. The van der Waals surface area contributed by atoms with Crippen LogP contribution in [-0.2, 0) is 10.0 Å². The summed E-state index contributed by atoms with van der Waals surface area (Å²) >= 11 is 6.13. The molecule has 0 bridgehead atoms. The van der Waals surface area contributed by atoms with E-state index in [0.717, 1.165) is 24.8 Å². The van der Waals surface area contributed by atoms with Gasteiger partial charge in [0.25, 0.3) is 0 Å². The maximum atomic E-state index is 12.9. The molecule has 0 radical (unpaired) electrons. The molecule has 4 nitrogen and oxygen atoms in total. The molecule has 1 atom stereocenters. The summed E-state index contributed by atoms with van der Waals surface area (Å²) in [6, 6.07) is 3.23. The number of ether oxygens (including phenoxy) is 1. The summed E-state index contributed by atoms with van der Waals surface area (Å²) < 4.78 is 33.0. The highest BCUT2D eigenvalue weighted by Gasteiger charge is 2.33. The zero-order chi connectivity index (χ0) is 15.6. The summed E-state index contributed by atoms with van der Waals surface area (Å²) in [6.45, 7) is 6.60. The van der Waals surface area contributed by atoms with Crippen molar-refractivity contribution in [1.82, 2.24) is 4.31 Å². The lowest BCUT2D eigenvalue weighted by atomic mass is 10.1. The number of hydrogen-bond donors (Lipinski definition) is 0. The summed E-state index contributed by atoms with van der Waals surface area (Å²) in [7, 11) is -3.58. The molecule has 1 fully saturated rings. The largest absolute Gasteiger partial charge is 0.492 e. The van der Waals surface area contributed by atoms with Gasteiger partial charge in [0.2, 0.25) is 10.0 Å². The second-order valence-corrected chi connectivity index (χ2v) is 7.71. The quantitative estimate of drug-likeness (QED) is 0.846. The first-order chi connectivity index (χ1) is 9.87. The molecule has 6 heteroatoms. The number of piperidine rings is 1. The molecule has 0 unspecified atom stereocenters. The van der Waals surface area contributed by atoms with Gasteiger partial charge in [0.1, 0.15) is 10.6 Å². The van der Waals surface area contributed by atoms with Gasteiger partial charge in [0.05, 0.1) is 6.61 Å². The predicted octanol–water partition coefficient (Wildman–Crippen LogP) is 3.61. The van der Waals surface area contributed by atoms with Gasteiger partial charge in [-0.2, -0.15) is 4.31 Å². The minimum absolute atomic E-state index is 0.0123. The van der Waals surface area contributed by atoms with Gasteiger partial charge in [-0.15, -0.1) is 0 Å². The zero-order valence-corrected chi connectivity index (χ0v) is 14.3. The Balaban J connectivity index is 2.50. The first-order valence-corrected chi connectivity index (χ1v) is 9.14. The predicted molar refractivity (Wildman–Crippen MR) is 84.6 cm³/mol. The highest BCUT2D eigenvalue weighted by molar-refractivity contribution is 7.89. The average Bonchev–Trinajstić information content (AvgIpc) is 2.43. The van der Waals surface area contributed by atoms with E-state index in [0.29, 0.717) is 23.9 Å². The lowest BCUT2D eigenvalue weighted by molar-refractivity contribution is 0.266. The first-order valence-electron chi connectivity index (χ1n) is 7.32. The standard InChI is InChI=1S/C15H22ClNO3S/c1-4-20-14-9-11(2)13(16)10-15(14)21(18,19)17-8-6-5-7-12(17)3/h9-10,12H,4-8H2,1-3H3/t12-/m0/s1. The van der Waals surface area contributed by atoms with E-state index in [4.69, 9.17) is 16.3 Å². The first kappa shape index (κ1) is 16.6. The lowest BCUT2D eigenvalue weighted by Gasteiger charge is -2.32. The number of nitrogens with zero attached hydrogens (tertiary/aromatic N) is 1. The third-order valence-corrected chi connectivity index (χ3v) is 6.30. The van der Waals surface area contributed by atoms with Crippen LogP contribution in [0, 0.1) is 6.92 Å². The van der Waals surface area contributed by atoms with Crippen molar-refractivity contribution in [2.75, 3.05) is 13.2 Å². The molecule has 1 aromatic carbocycles. The molecule has 2 rings (SSSR count). The fourth-order valence-electron chi connectivity index (χ4n) is 2.66. The van der Waals surface area contributed by atoms with E-state index in [1.807, 2.05) is 20.8 Å². The van der Waals surface area contributed by atoms with E-state index in [1.54, 1.807) is 10.4 Å². The van der Waals surface area contributed by atoms with Crippen LogP contribution >= 0.6 is 11.6 Å². The number of aryl methyl sites for hydroxylation is 1. The van der Waals surface area contributed by atoms with Crippen molar-refractivity contribution in [3.63, 3.8) is 0 Å². The Bertz CT molecular complexity index is 616. The summed E-state index contributed by atoms with van der Waals surface area (Å²) in [4.78, 5) is 0.175. The van der Waals surface area contributed by atoms with Crippen LogP contribution in [0.2, 0.25) is 5.02 Å². The third-order valence-electron chi connectivity index (χ3n) is 3.85. The van der Waals surface area contributed by atoms with E-state index in [1.165, 1.54) is 6.07 Å². The Labute approximate surface area is 132 Å². The second kappa shape index (κ2) is 6.55. The summed E-state index contributed by atoms with van der Waals surface area (Å²) in [5, 5.41) is 0.446. The normalized spacial score (nSPS) is 20.5. The van der Waals surface area contributed by atoms with Crippen LogP contribution in [-0.4, -0.2) is 31.9 Å². The maximum absolute atomic E-state index is 12.9. The van der Waals surface area contributed by atoms with Gasteiger partial charge >= 0.3 is 0 Å². The summed E-state index contributed by atoms with van der Waals surface area (Å²) in [5.74, 6) is 0.386. The number of rotatable bonds is 4. The Morgan fingerprint density at radius 3 is 2.71 bits per heavy atom. The van der Waals surface area contributed by atoms with E-state index >= 15 is 0 Å². The second-order valence-electron chi connectivity index (χ2n) is 5.44. The van der Waals surface area contributed by atoms with Crippen molar-refractivity contribution < 1.29 is 13.2 Å². The monoisotopic (exact) mass is 331 g/mol. The molecule has 0 N–H and O–H groups in total. The van der Waals surface area contributed by atoms with E-state index in [9.17, 15) is 8.42 Å². The van der Waals surface area contributed by atoms with Crippen LogP contribution in [0.1, 0.15) is 38.7 Å². The molecular formula is C15H22ClNO3S. The number of hydrogen-bond acceptors (Lipinski definition) is 3. The molecule has 118 valence electrons. The maximum Gasteiger partial charge on any atom is 0.247 e. The summed E-state index contributed by atoms with van der Waals surface area (Å²) in [6.07, 6.45) is 2.86. The molecule has 1 aromatic rings. The van der Waals surface area contributed by atoms with Crippen molar-refractivity contribution in [1.29, 1.82) is 0 Å². The van der Waals surface area contributed by atoms with Crippen molar-refractivity contribution in [2.45, 2.75) is 51.0 Å². The molecule has 0 amide bonds. The molecule has 1 saturated heterocycles. The van der Waals surface area contributed by atoms with Gasteiger partial charge < -0.3 is 4.74 Å². The number of halogens is 1. The van der Waals surface area contributed by atoms with Crippen molar-refractivity contribution in [3.05, 3.63) is 22.7 Å². The van der Waals surface area contributed by atoms with Gasteiger partial charge in [0, 0.05) is 17.6 Å². The van der Waals surface area contributed by atoms with Gasteiger partial charge in [-0.1, -0.05) is 18.0 Å². The van der Waals surface area contributed by atoms with Crippen molar-refractivity contribution in [2.24, 2.45) is 0 Å². The smallest absolute Gasteiger partial charge is 0.247 e. The fourth-order valence-corrected chi connectivity index (χ4v) is 4.73. The average molecular weight is 332 g/mol. The van der Waals surface area contributed by atoms with E-state index < -0.39 is 10.0 Å². The van der Waals surface area contributed by atoms with E-state index in [2.05, 4.69) is 0 Å². The Morgan fingerprint density at radius 2 is 2.10 bits per heavy atom. The van der Waals surface area contributed by atoms with Crippen LogP contribution in [0.5, 0.6) is 5.75 Å². The number of benzene rings is 1.